The summed E-state index contributed by atoms with van der Waals surface area (Å²) in [6.45, 7) is 24.3. The van der Waals surface area contributed by atoms with Crippen LogP contribution in [0.4, 0.5) is 0 Å². The lowest BCUT2D eigenvalue weighted by Gasteiger charge is -2.27. The molecule has 0 amide bonds. The van der Waals surface area contributed by atoms with E-state index in [9.17, 15) is 0 Å². The van der Waals surface area contributed by atoms with Crippen LogP contribution in [-0.2, 0) is 6.42 Å². The van der Waals surface area contributed by atoms with Crippen LogP contribution in [0.25, 0.3) is 0 Å². The van der Waals surface area contributed by atoms with E-state index in [1.165, 1.54) is 68.9 Å². The fourth-order valence-corrected chi connectivity index (χ4v) is 2.96. The molecule has 1 aromatic rings. The quantitative estimate of drug-likeness (QED) is 0.392. The predicted octanol–water partition coefficient (Wildman–Crippen LogP) is 10.4. The molecule has 0 N–H and O–H groups in total. The number of hydrogen-bond donors (Lipinski definition) is 0. The summed E-state index contributed by atoms with van der Waals surface area (Å²) in [6, 6.07) is 8.86. The molecular formula is C28H56. The Hall–Kier alpha value is -0.780. The van der Waals surface area contributed by atoms with Gasteiger partial charge in [0.15, 0.2) is 0 Å². The molecule has 1 unspecified atom stereocenters. The number of aryl methyl sites for hydroxylation is 1. The maximum absolute atomic E-state index is 2.42. The van der Waals surface area contributed by atoms with Gasteiger partial charge >= 0.3 is 0 Å². The average Bonchev–Trinajstić information content (AvgIpc) is 2.72. The highest BCUT2D eigenvalue weighted by Crippen LogP contribution is 2.32. The summed E-state index contributed by atoms with van der Waals surface area (Å²) in [4.78, 5) is 0. The second-order valence-electron chi connectivity index (χ2n) is 8.37. The maximum atomic E-state index is 2.42. The summed E-state index contributed by atoms with van der Waals surface area (Å²) in [5.74, 6) is 0.813. The predicted molar refractivity (Wildman–Crippen MR) is 134 cm³/mol. The van der Waals surface area contributed by atoms with Gasteiger partial charge in [-0.25, -0.2) is 0 Å². The van der Waals surface area contributed by atoms with Gasteiger partial charge in [-0.1, -0.05) is 138 Å². The molecule has 0 saturated carbocycles. The van der Waals surface area contributed by atoms with E-state index < -0.39 is 0 Å². The van der Waals surface area contributed by atoms with E-state index in [1.54, 1.807) is 0 Å². The van der Waals surface area contributed by atoms with Gasteiger partial charge in [-0.2, -0.15) is 0 Å². The molecule has 0 heterocycles. The minimum atomic E-state index is 0.642. The summed E-state index contributed by atoms with van der Waals surface area (Å²) >= 11 is 0. The number of hydrogen-bond acceptors (Lipinski definition) is 0. The van der Waals surface area contributed by atoms with Crippen molar-refractivity contribution in [3.63, 3.8) is 0 Å². The molecule has 1 rings (SSSR count). The van der Waals surface area contributed by atoms with Gasteiger partial charge in [-0.15, -0.1) is 0 Å². The van der Waals surface area contributed by atoms with E-state index in [0.29, 0.717) is 5.41 Å². The molecule has 0 aromatic heterocycles. The molecule has 0 nitrogen and oxygen atoms in total. The van der Waals surface area contributed by atoms with Crippen molar-refractivity contribution in [2.24, 2.45) is 11.3 Å². The molecule has 0 radical (unpaired) electrons. The SMILES string of the molecule is CC.CCC(C)Cc1ccc(C)cc1.CCCC.CCCC(C)(CC)CCC. The Kier molecular flexibility index (Phi) is 25.6. The van der Waals surface area contributed by atoms with Gasteiger partial charge in [-0.3, -0.25) is 0 Å². The summed E-state index contributed by atoms with van der Waals surface area (Å²) in [7, 11) is 0. The van der Waals surface area contributed by atoms with Crippen molar-refractivity contribution in [2.45, 2.75) is 134 Å². The van der Waals surface area contributed by atoms with Gasteiger partial charge < -0.3 is 0 Å². The molecule has 1 atom stereocenters. The smallest absolute Gasteiger partial charge is 0.0253 e. The molecular weight excluding hydrogens is 336 g/mol. The van der Waals surface area contributed by atoms with Gasteiger partial charge in [-0.05, 0) is 43.1 Å². The number of benzene rings is 1. The van der Waals surface area contributed by atoms with Crippen LogP contribution in [0.15, 0.2) is 24.3 Å². The Morgan fingerprint density at radius 3 is 1.46 bits per heavy atom. The van der Waals surface area contributed by atoms with Gasteiger partial charge in [0.05, 0.1) is 0 Å². The van der Waals surface area contributed by atoms with Crippen molar-refractivity contribution in [1.29, 1.82) is 0 Å². The van der Waals surface area contributed by atoms with Gasteiger partial charge in [0, 0.05) is 0 Å². The fraction of sp³-hybridized carbons (Fsp3) is 0.786. The third-order valence-electron chi connectivity index (χ3n) is 5.46. The fourth-order valence-electron chi connectivity index (χ4n) is 2.96. The van der Waals surface area contributed by atoms with E-state index >= 15 is 0 Å². The van der Waals surface area contributed by atoms with Gasteiger partial charge in [0.1, 0.15) is 0 Å². The zero-order valence-corrected chi connectivity index (χ0v) is 21.8. The van der Waals surface area contributed by atoms with Gasteiger partial charge in [0.2, 0.25) is 0 Å². The summed E-state index contributed by atoms with van der Waals surface area (Å²) in [5, 5.41) is 0. The van der Waals surface area contributed by atoms with Crippen LogP contribution in [-0.4, -0.2) is 0 Å². The van der Waals surface area contributed by atoms with Crippen molar-refractivity contribution in [3.8, 4) is 0 Å². The van der Waals surface area contributed by atoms with Crippen LogP contribution < -0.4 is 0 Å². The molecule has 0 saturated heterocycles. The standard InChI is InChI=1S/C12H18.C10H22.C4H10.C2H6/c1-4-10(2)9-12-7-5-11(3)6-8-12;1-5-8-10(4,7-3)9-6-2;1-3-4-2;1-2/h5-8,10H,4,9H2,1-3H3;5-9H2,1-4H3;3-4H2,1-2H3;1-2H3. The summed E-state index contributed by atoms with van der Waals surface area (Å²) in [5.41, 5.74) is 3.46. The Bertz CT molecular complexity index is 379. The van der Waals surface area contributed by atoms with E-state index in [2.05, 4.69) is 86.6 Å². The third kappa shape index (κ3) is 20.0. The lowest BCUT2D eigenvalue weighted by molar-refractivity contribution is 0.255. The molecule has 0 aliphatic heterocycles. The maximum Gasteiger partial charge on any atom is -0.0253 e. The van der Waals surface area contributed by atoms with Crippen molar-refractivity contribution in [2.75, 3.05) is 0 Å². The Balaban J connectivity index is -0.000000353. The van der Waals surface area contributed by atoms with E-state index in [1.807, 2.05) is 13.8 Å². The molecule has 0 spiro atoms. The summed E-state index contributed by atoms with van der Waals surface area (Å²) in [6.07, 6.45) is 11.9. The van der Waals surface area contributed by atoms with Gasteiger partial charge in [0.25, 0.3) is 0 Å². The first-order valence-corrected chi connectivity index (χ1v) is 12.4. The van der Waals surface area contributed by atoms with Crippen molar-refractivity contribution in [1.82, 2.24) is 0 Å². The van der Waals surface area contributed by atoms with E-state index in [0.717, 1.165) is 5.92 Å². The van der Waals surface area contributed by atoms with Crippen LogP contribution in [0.5, 0.6) is 0 Å². The molecule has 168 valence electrons. The largest absolute Gasteiger partial charge is 0.0683 e. The Morgan fingerprint density at radius 1 is 0.750 bits per heavy atom. The molecule has 0 heteroatoms. The lowest BCUT2D eigenvalue weighted by Crippen LogP contribution is -2.13. The van der Waals surface area contributed by atoms with Crippen molar-refractivity contribution >= 4 is 0 Å². The minimum Gasteiger partial charge on any atom is -0.0683 e. The molecule has 1 aromatic carbocycles. The molecule has 0 aliphatic carbocycles. The minimum absolute atomic E-state index is 0.642. The van der Waals surface area contributed by atoms with E-state index in [4.69, 9.17) is 0 Å². The zero-order chi connectivity index (χ0) is 22.4. The topological polar surface area (TPSA) is 0 Å². The average molecular weight is 393 g/mol. The van der Waals surface area contributed by atoms with E-state index in [-0.39, 0.29) is 0 Å². The Labute approximate surface area is 180 Å². The van der Waals surface area contributed by atoms with Crippen LogP contribution in [0.2, 0.25) is 0 Å². The molecule has 0 fully saturated rings. The summed E-state index contributed by atoms with van der Waals surface area (Å²) < 4.78 is 0. The van der Waals surface area contributed by atoms with Crippen LogP contribution in [0, 0.1) is 18.3 Å². The number of rotatable bonds is 9. The normalized spacial score (nSPS) is 11.1. The zero-order valence-electron chi connectivity index (χ0n) is 21.8. The first-order valence-electron chi connectivity index (χ1n) is 12.4. The second-order valence-corrected chi connectivity index (χ2v) is 8.37. The first kappa shape index (κ1) is 31.9. The van der Waals surface area contributed by atoms with Crippen LogP contribution in [0.3, 0.4) is 0 Å². The number of unbranched alkanes of at least 4 members (excludes halogenated alkanes) is 1. The molecule has 0 aliphatic rings. The first-order chi connectivity index (χ1) is 13.3. The van der Waals surface area contributed by atoms with Crippen molar-refractivity contribution < 1.29 is 0 Å². The monoisotopic (exact) mass is 392 g/mol. The van der Waals surface area contributed by atoms with Crippen molar-refractivity contribution in [3.05, 3.63) is 35.4 Å². The highest BCUT2D eigenvalue weighted by molar-refractivity contribution is 5.21. The third-order valence-corrected chi connectivity index (χ3v) is 5.46. The molecule has 0 bridgehead atoms. The lowest BCUT2D eigenvalue weighted by atomic mass is 9.79. The van der Waals surface area contributed by atoms with Crippen LogP contribution in [0.1, 0.15) is 132 Å². The van der Waals surface area contributed by atoms with Crippen LogP contribution >= 0.6 is 0 Å². The Morgan fingerprint density at radius 2 is 1.18 bits per heavy atom. The highest BCUT2D eigenvalue weighted by Gasteiger charge is 2.18. The highest BCUT2D eigenvalue weighted by atomic mass is 14.2. The molecule has 28 heavy (non-hydrogen) atoms. The second kappa shape index (κ2) is 22.5.